The van der Waals surface area contributed by atoms with Crippen LogP contribution >= 0.6 is 11.8 Å². The summed E-state index contributed by atoms with van der Waals surface area (Å²) in [5.41, 5.74) is 0.547. The van der Waals surface area contributed by atoms with Gasteiger partial charge in [-0.25, -0.2) is 0 Å². The Morgan fingerprint density at radius 2 is 2.23 bits per heavy atom. The van der Waals surface area contributed by atoms with Gasteiger partial charge in [0, 0.05) is 5.75 Å². The van der Waals surface area contributed by atoms with E-state index in [1.54, 1.807) is 0 Å². The van der Waals surface area contributed by atoms with Crippen LogP contribution in [-0.2, 0) is 4.74 Å². The minimum absolute atomic E-state index is 0.535. The molecule has 1 atom stereocenters. The molecule has 2 fully saturated rings. The summed E-state index contributed by atoms with van der Waals surface area (Å²) in [5, 5.41) is 3.42. The maximum Gasteiger partial charge on any atom is 0.0671 e. The van der Waals surface area contributed by atoms with Crippen LogP contribution in [0.1, 0.15) is 19.3 Å². The van der Waals surface area contributed by atoms with Gasteiger partial charge >= 0.3 is 0 Å². The first-order valence-electron chi connectivity index (χ1n) is 5.16. The predicted molar refractivity (Wildman–Crippen MR) is 57.3 cm³/mol. The van der Waals surface area contributed by atoms with Gasteiger partial charge in [-0.1, -0.05) is 0 Å². The zero-order valence-electron chi connectivity index (χ0n) is 8.34. The maximum atomic E-state index is 5.84. The third-order valence-electron chi connectivity index (χ3n) is 3.30. The highest BCUT2D eigenvalue weighted by Gasteiger charge is 2.40. The van der Waals surface area contributed by atoms with E-state index in [9.17, 15) is 0 Å². The Labute approximate surface area is 84.8 Å². The summed E-state index contributed by atoms with van der Waals surface area (Å²) in [6.45, 7) is 3.39. The van der Waals surface area contributed by atoms with E-state index in [4.69, 9.17) is 4.74 Å². The fraction of sp³-hybridized carbons (Fsp3) is 1.00. The molecular formula is C10H19NOS. The second kappa shape index (κ2) is 4.20. The fourth-order valence-corrected chi connectivity index (χ4v) is 3.08. The molecule has 0 saturated carbocycles. The first-order valence-corrected chi connectivity index (χ1v) is 6.55. The molecule has 1 spiro atoms. The third-order valence-corrected chi connectivity index (χ3v) is 4.01. The van der Waals surface area contributed by atoms with E-state index in [1.165, 1.54) is 38.1 Å². The van der Waals surface area contributed by atoms with Crippen LogP contribution < -0.4 is 5.32 Å². The second-order valence-electron chi connectivity index (χ2n) is 4.34. The summed E-state index contributed by atoms with van der Waals surface area (Å²) in [6.07, 6.45) is 6.63. The van der Waals surface area contributed by atoms with Crippen molar-refractivity contribution >= 4 is 11.8 Å². The van der Waals surface area contributed by atoms with E-state index >= 15 is 0 Å². The molecule has 76 valence electrons. The van der Waals surface area contributed by atoms with Crippen molar-refractivity contribution in [1.29, 1.82) is 0 Å². The SMILES string of the molecule is CSC[C@H]1CC2(CCNCC2)CO1. The highest BCUT2D eigenvalue weighted by molar-refractivity contribution is 7.98. The van der Waals surface area contributed by atoms with E-state index in [1.807, 2.05) is 11.8 Å². The number of thioether (sulfide) groups is 1. The molecule has 2 aliphatic rings. The standard InChI is InChI=1S/C10H19NOS/c1-13-7-9-6-10(8-12-9)2-4-11-5-3-10/h9,11H,2-8H2,1H3/t9-/m1/s1. The summed E-state index contributed by atoms with van der Waals surface area (Å²) in [6, 6.07) is 0. The van der Waals surface area contributed by atoms with Gasteiger partial charge in [-0.15, -0.1) is 0 Å². The Morgan fingerprint density at radius 3 is 2.92 bits per heavy atom. The lowest BCUT2D eigenvalue weighted by Gasteiger charge is -2.32. The van der Waals surface area contributed by atoms with Crippen molar-refractivity contribution in [3.8, 4) is 0 Å². The summed E-state index contributed by atoms with van der Waals surface area (Å²) in [5.74, 6) is 1.18. The minimum atomic E-state index is 0.535. The second-order valence-corrected chi connectivity index (χ2v) is 5.25. The Hall–Kier alpha value is 0.270. The molecule has 0 aliphatic carbocycles. The average molecular weight is 201 g/mol. The largest absolute Gasteiger partial charge is 0.377 e. The van der Waals surface area contributed by atoms with Crippen LogP contribution in [0, 0.1) is 5.41 Å². The molecule has 0 amide bonds. The quantitative estimate of drug-likeness (QED) is 0.732. The van der Waals surface area contributed by atoms with Gasteiger partial charge in [-0.05, 0) is 44.0 Å². The smallest absolute Gasteiger partial charge is 0.0671 e. The number of nitrogens with one attached hydrogen (secondary N) is 1. The van der Waals surface area contributed by atoms with Gasteiger partial charge in [0.05, 0.1) is 12.7 Å². The van der Waals surface area contributed by atoms with E-state index < -0.39 is 0 Å². The molecule has 0 radical (unpaired) electrons. The molecule has 2 saturated heterocycles. The monoisotopic (exact) mass is 201 g/mol. The van der Waals surface area contributed by atoms with Crippen molar-refractivity contribution in [3.63, 3.8) is 0 Å². The van der Waals surface area contributed by atoms with Crippen molar-refractivity contribution in [2.75, 3.05) is 31.7 Å². The minimum Gasteiger partial charge on any atom is -0.377 e. The number of ether oxygens (including phenoxy) is 1. The highest BCUT2D eigenvalue weighted by atomic mass is 32.2. The summed E-state index contributed by atoms with van der Waals surface area (Å²) in [4.78, 5) is 0. The molecule has 0 bridgehead atoms. The normalized spacial score (nSPS) is 32.5. The summed E-state index contributed by atoms with van der Waals surface area (Å²) in [7, 11) is 0. The molecule has 2 nitrogen and oxygen atoms in total. The van der Waals surface area contributed by atoms with Crippen LogP contribution in [0.4, 0.5) is 0 Å². The van der Waals surface area contributed by atoms with Crippen LogP contribution in [0.5, 0.6) is 0 Å². The van der Waals surface area contributed by atoms with Crippen molar-refractivity contribution in [2.24, 2.45) is 5.41 Å². The van der Waals surface area contributed by atoms with Gasteiger partial charge < -0.3 is 10.1 Å². The highest BCUT2D eigenvalue weighted by Crippen LogP contribution is 2.40. The van der Waals surface area contributed by atoms with Crippen LogP contribution in [-0.4, -0.2) is 37.8 Å². The van der Waals surface area contributed by atoms with Gasteiger partial charge in [0.1, 0.15) is 0 Å². The molecule has 2 rings (SSSR count). The van der Waals surface area contributed by atoms with Crippen molar-refractivity contribution in [2.45, 2.75) is 25.4 Å². The van der Waals surface area contributed by atoms with E-state index in [0.717, 1.165) is 6.61 Å². The molecule has 3 heteroatoms. The summed E-state index contributed by atoms with van der Waals surface area (Å²) >= 11 is 1.91. The molecule has 0 aromatic carbocycles. The van der Waals surface area contributed by atoms with E-state index in [2.05, 4.69) is 11.6 Å². The van der Waals surface area contributed by atoms with Gasteiger partial charge in [0.2, 0.25) is 0 Å². The first kappa shape index (κ1) is 9.81. The Morgan fingerprint density at radius 1 is 1.46 bits per heavy atom. The summed E-state index contributed by atoms with van der Waals surface area (Å²) < 4.78 is 5.84. The molecule has 1 N–H and O–H groups in total. The molecule has 0 aromatic heterocycles. The van der Waals surface area contributed by atoms with Crippen LogP contribution in [0.3, 0.4) is 0 Å². The van der Waals surface area contributed by atoms with Gasteiger partial charge in [-0.2, -0.15) is 11.8 Å². The molecular weight excluding hydrogens is 182 g/mol. The van der Waals surface area contributed by atoms with Gasteiger partial charge in [0.25, 0.3) is 0 Å². The number of hydrogen-bond acceptors (Lipinski definition) is 3. The van der Waals surface area contributed by atoms with Crippen molar-refractivity contribution < 1.29 is 4.74 Å². The Balaban J connectivity index is 1.87. The van der Waals surface area contributed by atoms with Gasteiger partial charge in [0.15, 0.2) is 0 Å². The fourth-order valence-electron chi connectivity index (χ4n) is 2.49. The zero-order valence-corrected chi connectivity index (χ0v) is 9.16. The average Bonchev–Trinajstić information content (AvgIpc) is 2.51. The lowest BCUT2D eigenvalue weighted by atomic mass is 9.77. The van der Waals surface area contributed by atoms with E-state index in [0.29, 0.717) is 11.5 Å². The Kier molecular flexibility index (Phi) is 3.17. The predicted octanol–water partition coefficient (Wildman–Crippen LogP) is 1.51. The zero-order chi connectivity index (χ0) is 9.15. The first-order chi connectivity index (χ1) is 6.35. The molecule has 0 unspecified atom stereocenters. The van der Waals surface area contributed by atoms with E-state index in [-0.39, 0.29) is 0 Å². The van der Waals surface area contributed by atoms with Gasteiger partial charge in [-0.3, -0.25) is 0 Å². The van der Waals surface area contributed by atoms with Crippen molar-refractivity contribution in [3.05, 3.63) is 0 Å². The number of piperidine rings is 1. The Bertz CT molecular complexity index is 168. The van der Waals surface area contributed by atoms with Crippen molar-refractivity contribution in [1.82, 2.24) is 5.32 Å². The molecule has 2 aliphatic heterocycles. The topological polar surface area (TPSA) is 21.3 Å². The van der Waals surface area contributed by atoms with Crippen LogP contribution in [0.2, 0.25) is 0 Å². The molecule has 0 aromatic rings. The number of hydrogen-bond donors (Lipinski definition) is 1. The third kappa shape index (κ3) is 2.20. The maximum absolute atomic E-state index is 5.84. The van der Waals surface area contributed by atoms with Crippen LogP contribution in [0.25, 0.3) is 0 Å². The molecule has 13 heavy (non-hydrogen) atoms. The lowest BCUT2D eigenvalue weighted by molar-refractivity contribution is 0.0972. The molecule has 2 heterocycles. The van der Waals surface area contributed by atoms with Crippen LogP contribution in [0.15, 0.2) is 0 Å². The number of rotatable bonds is 2. The lowest BCUT2D eigenvalue weighted by Crippen LogP contribution is -2.37.